The van der Waals surface area contributed by atoms with Crippen LogP contribution in [0.15, 0.2) is 22.8 Å². The van der Waals surface area contributed by atoms with Gasteiger partial charge in [-0.05, 0) is 28.1 Å². The molecule has 0 saturated heterocycles. The van der Waals surface area contributed by atoms with Gasteiger partial charge in [0.25, 0.3) is 0 Å². The molecule has 0 aliphatic carbocycles. The fourth-order valence-electron chi connectivity index (χ4n) is 1.34. The fraction of sp³-hybridized carbons (Fsp3) is 0. The maximum atomic E-state index is 13.4. The number of halogens is 2. The summed E-state index contributed by atoms with van der Waals surface area (Å²) in [6.45, 7) is 0. The second-order valence-corrected chi connectivity index (χ2v) is 3.65. The first kappa shape index (κ1) is 9.21. The van der Waals surface area contributed by atoms with E-state index in [4.69, 9.17) is 5.11 Å². The van der Waals surface area contributed by atoms with Crippen LogP contribution in [-0.4, -0.2) is 16.1 Å². The summed E-state index contributed by atoms with van der Waals surface area (Å²) < 4.78 is 13.5. The average Bonchev–Trinajstić information content (AvgIpc) is 2.59. The van der Waals surface area contributed by atoms with E-state index in [0.29, 0.717) is 5.39 Å². The molecule has 0 aliphatic heterocycles. The number of hydrogen-bond donors (Lipinski definition) is 2. The van der Waals surface area contributed by atoms with E-state index in [0.717, 1.165) is 0 Å². The lowest BCUT2D eigenvalue weighted by molar-refractivity contribution is 0.0699. The van der Waals surface area contributed by atoms with Gasteiger partial charge in [-0.3, -0.25) is 0 Å². The molecule has 0 fully saturated rings. The van der Waals surface area contributed by atoms with E-state index in [-0.39, 0.29) is 15.6 Å². The van der Waals surface area contributed by atoms with Crippen molar-refractivity contribution in [1.82, 2.24) is 4.98 Å². The number of aromatic nitrogens is 1. The molecule has 1 aromatic heterocycles. The summed E-state index contributed by atoms with van der Waals surface area (Å²) in [4.78, 5) is 13.5. The molecule has 0 radical (unpaired) electrons. The molecule has 0 amide bonds. The topological polar surface area (TPSA) is 53.1 Å². The Labute approximate surface area is 86.7 Å². The molecule has 0 unspecified atom stereocenters. The van der Waals surface area contributed by atoms with Gasteiger partial charge in [-0.2, -0.15) is 0 Å². The van der Waals surface area contributed by atoms with E-state index in [9.17, 15) is 9.18 Å². The summed E-state index contributed by atoms with van der Waals surface area (Å²) in [7, 11) is 0. The molecular formula is C9H5BrFNO2. The molecule has 3 nitrogen and oxygen atoms in total. The Bertz CT molecular complexity index is 521. The number of carboxylic acids is 1. The SMILES string of the molecule is O=C(O)c1cc(Br)c(F)c2[nH]ccc12. The molecule has 0 bridgehead atoms. The zero-order chi connectivity index (χ0) is 10.3. The Morgan fingerprint density at radius 2 is 2.29 bits per heavy atom. The third-order valence-corrected chi connectivity index (χ3v) is 2.54. The molecule has 0 atom stereocenters. The van der Waals surface area contributed by atoms with Gasteiger partial charge in [-0.25, -0.2) is 9.18 Å². The van der Waals surface area contributed by atoms with Crippen molar-refractivity contribution in [3.8, 4) is 0 Å². The van der Waals surface area contributed by atoms with Gasteiger partial charge in [0, 0.05) is 11.6 Å². The number of aromatic amines is 1. The molecule has 2 aromatic rings. The van der Waals surface area contributed by atoms with Crippen molar-refractivity contribution in [2.45, 2.75) is 0 Å². The van der Waals surface area contributed by atoms with Crippen molar-refractivity contribution in [3.63, 3.8) is 0 Å². The van der Waals surface area contributed by atoms with Gasteiger partial charge in [-0.15, -0.1) is 0 Å². The lowest BCUT2D eigenvalue weighted by atomic mass is 10.1. The minimum atomic E-state index is -1.07. The maximum Gasteiger partial charge on any atom is 0.336 e. The highest BCUT2D eigenvalue weighted by atomic mass is 79.9. The van der Waals surface area contributed by atoms with E-state index in [1.54, 1.807) is 0 Å². The minimum absolute atomic E-state index is 0.0783. The molecule has 0 aliphatic rings. The van der Waals surface area contributed by atoms with Crippen molar-refractivity contribution in [2.24, 2.45) is 0 Å². The molecule has 14 heavy (non-hydrogen) atoms. The molecule has 2 rings (SSSR count). The van der Waals surface area contributed by atoms with Crippen LogP contribution in [0.3, 0.4) is 0 Å². The van der Waals surface area contributed by atoms with Crippen LogP contribution in [0.1, 0.15) is 10.4 Å². The van der Waals surface area contributed by atoms with Gasteiger partial charge in [-0.1, -0.05) is 0 Å². The first-order valence-electron chi connectivity index (χ1n) is 3.79. The van der Waals surface area contributed by atoms with Crippen LogP contribution in [0.5, 0.6) is 0 Å². The number of fused-ring (bicyclic) bond motifs is 1. The van der Waals surface area contributed by atoms with Crippen LogP contribution >= 0.6 is 15.9 Å². The van der Waals surface area contributed by atoms with E-state index in [1.807, 2.05) is 0 Å². The van der Waals surface area contributed by atoms with Crippen LogP contribution in [0.2, 0.25) is 0 Å². The van der Waals surface area contributed by atoms with Gasteiger partial charge in [0.2, 0.25) is 0 Å². The predicted molar refractivity (Wildman–Crippen MR) is 52.9 cm³/mol. The summed E-state index contributed by atoms with van der Waals surface area (Å²) >= 11 is 2.96. The van der Waals surface area contributed by atoms with Crippen LogP contribution in [-0.2, 0) is 0 Å². The lowest BCUT2D eigenvalue weighted by Crippen LogP contribution is -1.98. The first-order valence-corrected chi connectivity index (χ1v) is 4.59. The number of rotatable bonds is 1. The number of carboxylic acid groups (broad SMARTS) is 1. The molecule has 5 heteroatoms. The molecular weight excluding hydrogens is 253 g/mol. The number of carbonyl (C=O) groups is 1. The Morgan fingerprint density at radius 3 is 2.93 bits per heavy atom. The lowest BCUT2D eigenvalue weighted by Gasteiger charge is -2.01. The summed E-state index contributed by atoms with van der Waals surface area (Å²) in [5, 5.41) is 9.23. The Balaban J connectivity index is 2.91. The Hall–Kier alpha value is -1.36. The second kappa shape index (κ2) is 3.09. The number of H-pyrrole nitrogens is 1. The van der Waals surface area contributed by atoms with Crippen LogP contribution in [0, 0.1) is 5.82 Å². The predicted octanol–water partition coefficient (Wildman–Crippen LogP) is 2.77. The largest absolute Gasteiger partial charge is 0.478 e. The van der Waals surface area contributed by atoms with Crippen molar-refractivity contribution >= 4 is 32.8 Å². The monoisotopic (exact) mass is 257 g/mol. The Kier molecular flexibility index (Phi) is 2.03. The summed E-state index contributed by atoms with van der Waals surface area (Å²) in [6.07, 6.45) is 1.51. The zero-order valence-electron chi connectivity index (χ0n) is 6.84. The number of nitrogens with one attached hydrogen (secondary N) is 1. The second-order valence-electron chi connectivity index (χ2n) is 2.79. The highest BCUT2D eigenvalue weighted by molar-refractivity contribution is 9.10. The number of hydrogen-bond acceptors (Lipinski definition) is 1. The molecule has 2 N–H and O–H groups in total. The third-order valence-electron chi connectivity index (χ3n) is 1.97. The third kappa shape index (κ3) is 1.21. The highest BCUT2D eigenvalue weighted by Gasteiger charge is 2.15. The minimum Gasteiger partial charge on any atom is -0.478 e. The van der Waals surface area contributed by atoms with Gasteiger partial charge >= 0.3 is 5.97 Å². The molecule has 72 valence electrons. The summed E-state index contributed by atoms with van der Waals surface area (Å²) in [5.74, 6) is -1.55. The van der Waals surface area contributed by atoms with Gasteiger partial charge in [0.05, 0.1) is 15.6 Å². The van der Waals surface area contributed by atoms with Gasteiger partial charge < -0.3 is 10.1 Å². The fourth-order valence-corrected chi connectivity index (χ4v) is 1.77. The molecule has 1 heterocycles. The van der Waals surface area contributed by atoms with E-state index in [1.165, 1.54) is 18.3 Å². The van der Waals surface area contributed by atoms with Crippen LogP contribution < -0.4 is 0 Å². The summed E-state index contributed by atoms with van der Waals surface area (Å²) in [5.41, 5.74) is 0.284. The van der Waals surface area contributed by atoms with Gasteiger partial charge in [0.1, 0.15) is 0 Å². The molecule has 1 aromatic carbocycles. The Morgan fingerprint density at radius 1 is 1.57 bits per heavy atom. The standard InChI is InChI=1S/C9H5BrFNO2/c10-6-3-5(9(13)14)4-1-2-12-8(4)7(6)11/h1-3,12H,(H,13,14). The number of aromatic carboxylic acids is 1. The van der Waals surface area contributed by atoms with Crippen molar-refractivity contribution in [1.29, 1.82) is 0 Å². The summed E-state index contributed by atoms with van der Waals surface area (Å²) in [6, 6.07) is 2.79. The quantitative estimate of drug-likeness (QED) is 0.826. The average molecular weight is 258 g/mol. The zero-order valence-corrected chi connectivity index (χ0v) is 8.43. The smallest absolute Gasteiger partial charge is 0.336 e. The van der Waals surface area contributed by atoms with Crippen molar-refractivity contribution in [2.75, 3.05) is 0 Å². The highest BCUT2D eigenvalue weighted by Crippen LogP contribution is 2.27. The van der Waals surface area contributed by atoms with E-state index >= 15 is 0 Å². The first-order chi connectivity index (χ1) is 6.61. The van der Waals surface area contributed by atoms with Crippen molar-refractivity contribution in [3.05, 3.63) is 34.2 Å². The van der Waals surface area contributed by atoms with E-state index in [2.05, 4.69) is 20.9 Å². The molecule has 0 spiro atoms. The van der Waals surface area contributed by atoms with Crippen LogP contribution in [0.4, 0.5) is 4.39 Å². The van der Waals surface area contributed by atoms with E-state index < -0.39 is 11.8 Å². The van der Waals surface area contributed by atoms with Crippen LogP contribution in [0.25, 0.3) is 10.9 Å². The molecule has 0 saturated carbocycles. The van der Waals surface area contributed by atoms with Crippen molar-refractivity contribution < 1.29 is 14.3 Å². The number of benzene rings is 1. The maximum absolute atomic E-state index is 13.4. The normalized spacial score (nSPS) is 10.7. The van der Waals surface area contributed by atoms with Gasteiger partial charge in [0.15, 0.2) is 5.82 Å².